The van der Waals surface area contributed by atoms with E-state index in [-0.39, 0.29) is 6.10 Å². The third kappa shape index (κ3) is 21.2. The molecule has 0 amide bonds. The molecule has 0 aromatic heterocycles. The van der Waals surface area contributed by atoms with E-state index in [0.717, 1.165) is 12.2 Å². The van der Waals surface area contributed by atoms with Crippen LogP contribution in [0.4, 0.5) is 0 Å². The first-order chi connectivity index (χ1) is 8.65. The van der Waals surface area contributed by atoms with E-state index < -0.39 is 23.9 Å². The summed E-state index contributed by atoms with van der Waals surface area (Å²) < 4.78 is 4.61. The van der Waals surface area contributed by atoms with Gasteiger partial charge >= 0.3 is 23.9 Å². The maximum atomic E-state index is 10.6. The van der Waals surface area contributed by atoms with E-state index in [1.807, 2.05) is 0 Å². The predicted molar refractivity (Wildman–Crippen MR) is 62.4 cm³/mol. The van der Waals surface area contributed by atoms with Crippen LogP contribution < -0.4 is 0 Å². The Morgan fingerprint density at radius 2 is 1.11 bits per heavy atom. The zero-order chi connectivity index (χ0) is 15.4. The normalized spacial score (nSPS) is 10.1. The summed E-state index contributed by atoms with van der Waals surface area (Å²) in [6.45, 7) is 3.37. The first kappa shape index (κ1) is 18.7. The highest BCUT2D eigenvalue weighted by Gasteiger charge is 2.00. The van der Waals surface area contributed by atoms with E-state index in [1.54, 1.807) is 13.8 Å². The summed E-state index contributed by atoms with van der Waals surface area (Å²) in [6, 6.07) is 0. The monoisotopic (exact) mass is 274 g/mol. The molecule has 0 rings (SSSR count). The Kier molecular flexibility index (Phi) is 10.4. The van der Waals surface area contributed by atoms with Gasteiger partial charge in [-0.2, -0.15) is 0 Å². The van der Waals surface area contributed by atoms with Crippen molar-refractivity contribution in [3.63, 3.8) is 0 Å². The molecular formula is C11H14O8. The Balaban J connectivity index is 0. The average Bonchev–Trinajstić information content (AvgIpc) is 2.23. The molecule has 0 saturated heterocycles. The van der Waals surface area contributed by atoms with Gasteiger partial charge in [0.15, 0.2) is 0 Å². The van der Waals surface area contributed by atoms with Crippen molar-refractivity contribution in [2.45, 2.75) is 20.0 Å². The standard InChI is InChI=1S/C7H10O4.C4H4O4/c1-5(2)11-7(10)4-3-6(8)9;5-3(6)1-2-4(7)8/h3-5H,1-2H3,(H,8,9);1-2H,(H,5,6)(H,7,8)/b4-3-;2-1+. The van der Waals surface area contributed by atoms with E-state index >= 15 is 0 Å². The molecule has 106 valence electrons. The number of hydrogen-bond donors (Lipinski definition) is 3. The zero-order valence-electron chi connectivity index (χ0n) is 10.3. The van der Waals surface area contributed by atoms with Crippen LogP contribution in [-0.4, -0.2) is 45.3 Å². The molecule has 0 aliphatic rings. The lowest BCUT2D eigenvalue weighted by Gasteiger charge is -2.02. The maximum Gasteiger partial charge on any atom is 0.331 e. The van der Waals surface area contributed by atoms with Crippen molar-refractivity contribution in [1.82, 2.24) is 0 Å². The fourth-order valence-corrected chi connectivity index (χ4v) is 0.553. The van der Waals surface area contributed by atoms with Gasteiger partial charge in [0, 0.05) is 24.3 Å². The quantitative estimate of drug-likeness (QED) is 0.480. The number of hydrogen-bond acceptors (Lipinski definition) is 5. The van der Waals surface area contributed by atoms with Crippen LogP contribution in [0.5, 0.6) is 0 Å². The molecule has 0 heterocycles. The third-order valence-electron chi connectivity index (χ3n) is 1.08. The molecule has 0 aliphatic heterocycles. The minimum absolute atomic E-state index is 0.221. The van der Waals surface area contributed by atoms with E-state index in [1.165, 1.54) is 0 Å². The molecule has 19 heavy (non-hydrogen) atoms. The van der Waals surface area contributed by atoms with Crippen molar-refractivity contribution in [2.75, 3.05) is 0 Å². The average molecular weight is 274 g/mol. The minimum Gasteiger partial charge on any atom is -0.478 e. The largest absolute Gasteiger partial charge is 0.478 e. The molecule has 0 atom stereocenters. The van der Waals surface area contributed by atoms with E-state index in [9.17, 15) is 19.2 Å². The van der Waals surface area contributed by atoms with Gasteiger partial charge in [0.1, 0.15) is 0 Å². The zero-order valence-corrected chi connectivity index (χ0v) is 10.3. The van der Waals surface area contributed by atoms with Gasteiger partial charge in [-0.1, -0.05) is 0 Å². The molecule has 0 aromatic carbocycles. The molecule has 3 N–H and O–H groups in total. The van der Waals surface area contributed by atoms with Crippen LogP contribution in [0.15, 0.2) is 24.3 Å². The highest BCUT2D eigenvalue weighted by Crippen LogP contribution is 1.89. The molecule has 8 nitrogen and oxygen atoms in total. The van der Waals surface area contributed by atoms with Gasteiger partial charge in [0.05, 0.1) is 6.10 Å². The molecule has 0 bridgehead atoms. The van der Waals surface area contributed by atoms with Crippen LogP contribution in [0.2, 0.25) is 0 Å². The van der Waals surface area contributed by atoms with Crippen LogP contribution in [0.25, 0.3) is 0 Å². The number of ether oxygens (including phenoxy) is 1. The Hall–Kier alpha value is -2.64. The van der Waals surface area contributed by atoms with Gasteiger partial charge in [-0.3, -0.25) is 0 Å². The van der Waals surface area contributed by atoms with Crippen LogP contribution in [0.3, 0.4) is 0 Å². The van der Waals surface area contributed by atoms with Gasteiger partial charge in [-0.05, 0) is 13.8 Å². The maximum absolute atomic E-state index is 10.6. The fourth-order valence-electron chi connectivity index (χ4n) is 0.553. The lowest BCUT2D eigenvalue weighted by molar-refractivity contribution is -0.142. The molecule has 0 unspecified atom stereocenters. The molecule has 0 saturated carbocycles. The summed E-state index contributed by atoms with van der Waals surface area (Å²) in [5.74, 6) is -4.31. The van der Waals surface area contributed by atoms with Crippen LogP contribution >= 0.6 is 0 Å². The summed E-state index contributed by atoms with van der Waals surface area (Å²) in [5, 5.41) is 23.7. The lowest BCUT2D eigenvalue weighted by Crippen LogP contribution is -2.08. The summed E-state index contributed by atoms with van der Waals surface area (Å²) in [5.41, 5.74) is 0. The van der Waals surface area contributed by atoms with Gasteiger partial charge in [0.2, 0.25) is 0 Å². The van der Waals surface area contributed by atoms with E-state index in [4.69, 9.17) is 15.3 Å². The molecule has 0 spiro atoms. The Morgan fingerprint density at radius 3 is 1.37 bits per heavy atom. The summed E-state index contributed by atoms with van der Waals surface area (Å²) in [6.07, 6.45) is 2.51. The molecule has 0 aliphatic carbocycles. The topological polar surface area (TPSA) is 138 Å². The second-order valence-corrected chi connectivity index (χ2v) is 3.17. The molecule has 0 radical (unpaired) electrons. The fraction of sp³-hybridized carbons (Fsp3) is 0.273. The molecule has 0 fully saturated rings. The smallest absolute Gasteiger partial charge is 0.331 e. The highest BCUT2D eigenvalue weighted by atomic mass is 16.5. The van der Waals surface area contributed by atoms with E-state index in [0.29, 0.717) is 12.2 Å². The first-order valence-corrected chi connectivity index (χ1v) is 4.90. The van der Waals surface area contributed by atoms with Gasteiger partial charge in [-0.25, -0.2) is 19.2 Å². The highest BCUT2D eigenvalue weighted by molar-refractivity contribution is 5.90. The van der Waals surface area contributed by atoms with Crippen molar-refractivity contribution in [1.29, 1.82) is 0 Å². The number of rotatable bonds is 5. The summed E-state index contributed by atoms with van der Waals surface area (Å²) in [4.78, 5) is 39.6. The Bertz CT molecular complexity index is 375. The lowest BCUT2D eigenvalue weighted by atomic mass is 10.4. The summed E-state index contributed by atoms with van der Waals surface area (Å²) in [7, 11) is 0. The first-order valence-electron chi connectivity index (χ1n) is 4.90. The van der Waals surface area contributed by atoms with Crippen molar-refractivity contribution in [3.8, 4) is 0 Å². The number of carboxylic acid groups (broad SMARTS) is 3. The van der Waals surface area contributed by atoms with Crippen molar-refractivity contribution in [2.24, 2.45) is 0 Å². The molecular weight excluding hydrogens is 260 g/mol. The van der Waals surface area contributed by atoms with Crippen LogP contribution in [0.1, 0.15) is 13.8 Å². The van der Waals surface area contributed by atoms with Crippen LogP contribution in [0, 0.1) is 0 Å². The second kappa shape index (κ2) is 10.5. The van der Waals surface area contributed by atoms with Gasteiger partial charge < -0.3 is 20.1 Å². The van der Waals surface area contributed by atoms with E-state index in [2.05, 4.69) is 4.74 Å². The van der Waals surface area contributed by atoms with Gasteiger partial charge in [-0.15, -0.1) is 0 Å². The molecule has 0 aromatic rings. The number of carboxylic acids is 3. The minimum atomic E-state index is -1.26. The number of carbonyl (C=O) groups is 4. The molecule has 8 heteroatoms. The van der Waals surface area contributed by atoms with Crippen molar-refractivity contribution in [3.05, 3.63) is 24.3 Å². The third-order valence-corrected chi connectivity index (χ3v) is 1.08. The SMILES string of the molecule is CC(C)OC(=O)/C=C\C(=O)O.O=C(O)/C=C/C(=O)O. The Labute approximate surface area is 108 Å². The second-order valence-electron chi connectivity index (χ2n) is 3.17. The Morgan fingerprint density at radius 1 is 0.789 bits per heavy atom. The number of carbonyl (C=O) groups excluding carboxylic acids is 1. The van der Waals surface area contributed by atoms with Crippen molar-refractivity contribution >= 4 is 23.9 Å². The summed E-state index contributed by atoms with van der Waals surface area (Å²) >= 11 is 0. The van der Waals surface area contributed by atoms with Gasteiger partial charge in [0.25, 0.3) is 0 Å². The van der Waals surface area contributed by atoms with Crippen LogP contribution in [-0.2, 0) is 23.9 Å². The van der Waals surface area contributed by atoms with Crippen molar-refractivity contribution < 1.29 is 39.2 Å². The number of esters is 1. The number of aliphatic carboxylic acids is 3. The predicted octanol–water partition coefficient (Wildman–Crippen LogP) is 0.291.